The average Bonchev–Trinajstić information content (AvgIpc) is 2.73. The number of urea groups is 1. The molecule has 0 aliphatic rings. The molecule has 2 amide bonds. The third-order valence-corrected chi connectivity index (χ3v) is 3.67. The Bertz CT molecular complexity index is 1000. The molecule has 0 bridgehead atoms. The van der Waals surface area contributed by atoms with Gasteiger partial charge < -0.3 is 26.0 Å². The number of hydrogen-bond donors (Lipinski definition) is 4. The topological polar surface area (TPSA) is 113 Å². The minimum Gasteiger partial charge on any atom is -0.404 e. The number of benzene rings is 1. The smallest absolute Gasteiger partial charge is 0.404 e. The highest BCUT2D eigenvalue weighted by atomic mass is 19.4. The fourth-order valence-corrected chi connectivity index (χ4v) is 2.41. The monoisotopic (exact) mass is 433 g/mol. The first-order chi connectivity index (χ1) is 14.9. The Balaban J connectivity index is 1.45. The molecule has 0 aliphatic carbocycles. The minimum absolute atomic E-state index is 0.105. The van der Waals surface area contributed by atoms with Crippen LogP contribution in [-0.2, 0) is 0 Å². The Hall–Kier alpha value is -4.09. The van der Waals surface area contributed by atoms with Crippen molar-refractivity contribution in [3.05, 3.63) is 61.1 Å². The lowest BCUT2D eigenvalue weighted by molar-refractivity contribution is -0.274. The Labute approximate surface area is 175 Å². The number of nitrogens with zero attached hydrogens (tertiary/aromatic N) is 3. The summed E-state index contributed by atoms with van der Waals surface area (Å²) in [5, 5.41) is 10.9. The van der Waals surface area contributed by atoms with Gasteiger partial charge in [-0.05, 0) is 24.3 Å². The molecule has 0 saturated carbocycles. The maximum absolute atomic E-state index is 12.4. The Morgan fingerprint density at radius 1 is 0.935 bits per heavy atom. The van der Waals surface area contributed by atoms with E-state index in [9.17, 15) is 18.0 Å². The van der Waals surface area contributed by atoms with Crippen LogP contribution in [0.4, 0.5) is 41.1 Å². The molecular formula is C19H18F3N7O2. The van der Waals surface area contributed by atoms with Gasteiger partial charge >= 0.3 is 12.4 Å². The van der Waals surface area contributed by atoms with Crippen LogP contribution in [0, 0.1) is 0 Å². The number of ether oxygens (including phenoxy) is 1. The highest BCUT2D eigenvalue weighted by molar-refractivity contribution is 5.90. The number of alkyl halides is 3. The normalized spacial score (nSPS) is 10.8. The molecule has 0 fully saturated rings. The largest absolute Gasteiger partial charge is 0.573 e. The summed E-state index contributed by atoms with van der Waals surface area (Å²) in [6.07, 6.45) is -1.85. The summed E-state index contributed by atoms with van der Waals surface area (Å²) >= 11 is 0. The van der Waals surface area contributed by atoms with Gasteiger partial charge in [-0.25, -0.2) is 19.7 Å². The number of amides is 2. The van der Waals surface area contributed by atoms with E-state index in [2.05, 4.69) is 41.0 Å². The molecular weight excluding hydrogens is 415 g/mol. The van der Waals surface area contributed by atoms with E-state index in [0.717, 1.165) is 6.07 Å². The molecule has 31 heavy (non-hydrogen) atoms. The van der Waals surface area contributed by atoms with Crippen molar-refractivity contribution >= 4 is 29.2 Å². The van der Waals surface area contributed by atoms with Crippen LogP contribution in [-0.4, -0.2) is 40.4 Å². The van der Waals surface area contributed by atoms with Crippen molar-refractivity contribution in [2.45, 2.75) is 6.36 Å². The van der Waals surface area contributed by atoms with Crippen LogP contribution in [0.3, 0.4) is 0 Å². The number of rotatable bonds is 8. The summed E-state index contributed by atoms with van der Waals surface area (Å²) in [6.45, 7) is 0.495. The van der Waals surface area contributed by atoms with Crippen molar-refractivity contribution in [3.63, 3.8) is 0 Å². The van der Waals surface area contributed by atoms with E-state index in [0.29, 0.717) is 24.0 Å². The van der Waals surface area contributed by atoms with Crippen LogP contribution < -0.4 is 26.0 Å². The van der Waals surface area contributed by atoms with Gasteiger partial charge in [0.15, 0.2) is 5.75 Å². The predicted octanol–water partition coefficient (Wildman–Crippen LogP) is 3.75. The van der Waals surface area contributed by atoms with Crippen LogP contribution >= 0.6 is 0 Å². The zero-order valence-electron chi connectivity index (χ0n) is 16.0. The van der Waals surface area contributed by atoms with Crippen molar-refractivity contribution in [2.75, 3.05) is 29.0 Å². The van der Waals surface area contributed by atoms with E-state index < -0.39 is 18.1 Å². The van der Waals surface area contributed by atoms with Crippen molar-refractivity contribution in [1.29, 1.82) is 0 Å². The first kappa shape index (κ1) is 21.6. The van der Waals surface area contributed by atoms with Gasteiger partial charge in [0.1, 0.15) is 23.8 Å². The average molecular weight is 433 g/mol. The second-order valence-electron chi connectivity index (χ2n) is 5.98. The molecule has 162 valence electrons. The number of hydrogen-bond acceptors (Lipinski definition) is 7. The second kappa shape index (κ2) is 10.1. The maximum Gasteiger partial charge on any atom is 0.573 e. The van der Waals surface area contributed by atoms with Crippen molar-refractivity contribution in [3.8, 4) is 5.75 Å². The molecule has 4 N–H and O–H groups in total. The quantitative estimate of drug-likeness (QED) is 0.400. The summed E-state index contributed by atoms with van der Waals surface area (Å²) in [6, 6.07) is 11.7. The lowest BCUT2D eigenvalue weighted by Crippen LogP contribution is -2.33. The van der Waals surface area contributed by atoms with Gasteiger partial charge in [0.2, 0.25) is 0 Å². The third-order valence-electron chi connectivity index (χ3n) is 3.67. The highest BCUT2D eigenvalue weighted by Gasteiger charge is 2.32. The van der Waals surface area contributed by atoms with Crippen LogP contribution in [0.2, 0.25) is 0 Å². The molecule has 3 aromatic rings. The SMILES string of the molecule is O=C(NCCNc1cc(Nc2ccccn2)ncn1)Nc1ccccc1OC(F)(F)F. The first-order valence-electron chi connectivity index (χ1n) is 9.03. The molecule has 3 rings (SSSR count). The number of nitrogens with one attached hydrogen (secondary N) is 4. The minimum atomic E-state index is -4.86. The number of para-hydroxylation sites is 2. The molecule has 1 aromatic carbocycles. The molecule has 12 heteroatoms. The molecule has 0 spiro atoms. The van der Waals surface area contributed by atoms with Crippen molar-refractivity contribution in [1.82, 2.24) is 20.3 Å². The van der Waals surface area contributed by atoms with Crippen LogP contribution in [0.25, 0.3) is 0 Å². The van der Waals surface area contributed by atoms with Crippen molar-refractivity contribution < 1.29 is 22.7 Å². The van der Waals surface area contributed by atoms with Gasteiger partial charge in [-0.15, -0.1) is 13.2 Å². The number of carbonyl (C=O) groups is 1. The van der Waals surface area contributed by atoms with Gasteiger partial charge in [0.05, 0.1) is 5.69 Å². The number of aromatic nitrogens is 3. The number of pyridine rings is 1. The number of anilines is 4. The molecule has 0 radical (unpaired) electrons. The summed E-state index contributed by atoms with van der Waals surface area (Å²) in [7, 11) is 0. The molecule has 9 nitrogen and oxygen atoms in total. The first-order valence-corrected chi connectivity index (χ1v) is 9.03. The van der Waals surface area contributed by atoms with E-state index in [-0.39, 0.29) is 12.2 Å². The third kappa shape index (κ3) is 7.34. The summed E-state index contributed by atoms with van der Waals surface area (Å²) in [5.41, 5.74) is -0.105. The molecule has 2 heterocycles. The van der Waals surface area contributed by atoms with Crippen molar-refractivity contribution in [2.24, 2.45) is 0 Å². The van der Waals surface area contributed by atoms with E-state index in [4.69, 9.17) is 0 Å². The lowest BCUT2D eigenvalue weighted by Gasteiger charge is -2.14. The van der Waals surface area contributed by atoms with E-state index in [1.807, 2.05) is 6.07 Å². The fourth-order valence-electron chi connectivity index (χ4n) is 2.41. The van der Waals surface area contributed by atoms with Gasteiger partial charge in [0.25, 0.3) is 0 Å². The maximum atomic E-state index is 12.4. The highest BCUT2D eigenvalue weighted by Crippen LogP contribution is 2.29. The molecule has 0 aliphatic heterocycles. The fraction of sp³-hybridized carbons (Fsp3) is 0.158. The Morgan fingerprint density at radius 2 is 1.71 bits per heavy atom. The summed E-state index contributed by atoms with van der Waals surface area (Å²) in [5.74, 6) is 1.17. The van der Waals surface area contributed by atoms with Crippen LogP contribution in [0.15, 0.2) is 61.1 Å². The molecule has 0 saturated heterocycles. The standard InChI is InChI=1S/C19H18F3N7O2/c20-19(21,22)31-14-6-2-1-5-13(14)28-18(30)25-10-9-24-16-11-17(27-12-26-16)29-15-7-3-4-8-23-15/h1-8,11-12H,9-10H2,(H2,25,28,30)(H2,23,24,26,27,29). The predicted molar refractivity (Wildman–Crippen MR) is 108 cm³/mol. The van der Waals surface area contributed by atoms with Gasteiger partial charge in [-0.3, -0.25) is 0 Å². The van der Waals surface area contributed by atoms with E-state index in [1.165, 1.54) is 24.5 Å². The number of carbonyl (C=O) groups excluding carboxylic acids is 1. The lowest BCUT2D eigenvalue weighted by atomic mass is 10.3. The second-order valence-corrected chi connectivity index (χ2v) is 5.98. The van der Waals surface area contributed by atoms with Crippen LogP contribution in [0.5, 0.6) is 5.75 Å². The van der Waals surface area contributed by atoms with Gasteiger partial charge in [0, 0.05) is 25.4 Å². The van der Waals surface area contributed by atoms with Crippen LogP contribution in [0.1, 0.15) is 0 Å². The van der Waals surface area contributed by atoms with E-state index >= 15 is 0 Å². The van der Waals surface area contributed by atoms with E-state index in [1.54, 1.807) is 24.4 Å². The molecule has 0 atom stereocenters. The summed E-state index contributed by atoms with van der Waals surface area (Å²) in [4.78, 5) is 24.3. The molecule has 2 aromatic heterocycles. The Morgan fingerprint density at radius 3 is 2.48 bits per heavy atom. The Kier molecular flexibility index (Phi) is 7.04. The zero-order valence-corrected chi connectivity index (χ0v) is 16.0. The van der Waals surface area contributed by atoms with Gasteiger partial charge in [-0.2, -0.15) is 0 Å². The molecule has 0 unspecified atom stereocenters. The zero-order chi connectivity index (χ0) is 22.1. The van der Waals surface area contributed by atoms with Gasteiger partial charge in [-0.1, -0.05) is 18.2 Å². The number of halogens is 3. The summed E-state index contributed by atoms with van der Waals surface area (Å²) < 4.78 is 41.2.